The summed E-state index contributed by atoms with van der Waals surface area (Å²) in [5.74, 6) is 6.06. The van der Waals surface area contributed by atoms with Gasteiger partial charge in [0.25, 0.3) is 0 Å². The van der Waals surface area contributed by atoms with E-state index in [2.05, 4.69) is 43.8 Å². The number of nitrogens with one attached hydrogen (secondary N) is 2. The predicted octanol–water partition coefficient (Wildman–Crippen LogP) is 3.37. The monoisotopic (exact) mass is 511 g/mol. The Morgan fingerprint density at radius 1 is 1.38 bits per heavy atom. The normalized spacial score (nSPS) is 12.1. The first-order chi connectivity index (χ1) is 13.4. The van der Waals surface area contributed by atoms with E-state index in [9.17, 15) is 4.39 Å². The Balaban J connectivity index is 0.00000420. The van der Waals surface area contributed by atoms with Crippen LogP contribution in [0.25, 0.3) is 0 Å². The second-order valence-electron chi connectivity index (χ2n) is 6.20. The van der Waals surface area contributed by atoms with Gasteiger partial charge < -0.3 is 10.6 Å². The average molecular weight is 512 g/mol. The van der Waals surface area contributed by atoms with Crippen LogP contribution in [0.5, 0.6) is 0 Å². The third kappa shape index (κ3) is 9.07. The van der Waals surface area contributed by atoms with Gasteiger partial charge in [-0.3, -0.25) is 5.84 Å². The lowest BCUT2D eigenvalue weighted by atomic mass is 10.2. The summed E-state index contributed by atoms with van der Waals surface area (Å²) < 4.78 is 25.5. The topological polar surface area (TPSA) is 105 Å². The van der Waals surface area contributed by atoms with E-state index in [1.807, 2.05) is 12.0 Å². The number of benzene rings is 1. The highest BCUT2D eigenvalue weighted by Gasteiger charge is 2.14. The molecule has 0 aliphatic carbocycles. The van der Waals surface area contributed by atoms with Crippen LogP contribution in [-0.4, -0.2) is 46.5 Å². The van der Waals surface area contributed by atoms with Crippen LogP contribution in [0.2, 0.25) is 0 Å². The lowest BCUT2D eigenvalue weighted by Crippen LogP contribution is -2.31. The molecule has 1 aromatic heterocycles. The molecule has 0 unspecified atom stereocenters. The highest BCUT2D eigenvalue weighted by atomic mass is 79.9. The van der Waals surface area contributed by atoms with E-state index >= 15 is 0 Å². The fourth-order valence-electron chi connectivity index (χ4n) is 2.24. The molecule has 0 aliphatic rings. The highest BCUT2D eigenvalue weighted by Crippen LogP contribution is 2.21. The molecule has 0 bridgehead atoms. The molecule has 2 rings (SSSR count). The van der Waals surface area contributed by atoms with Crippen LogP contribution in [0.15, 0.2) is 27.3 Å². The molecule has 1 aromatic carbocycles. The average Bonchev–Trinajstić information content (AvgIpc) is 3.11. The van der Waals surface area contributed by atoms with Gasteiger partial charge in [-0.1, -0.05) is 19.0 Å². The molecule has 4 N–H and O–H groups in total. The molecule has 0 radical (unpaired) electrons. The molecule has 13 heteroatoms. The van der Waals surface area contributed by atoms with Gasteiger partial charge in [0.15, 0.2) is 5.82 Å². The third-order valence-electron chi connectivity index (χ3n) is 3.68. The van der Waals surface area contributed by atoms with Gasteiger partial charge in [0, 0.05) is 32.4 Å². The number of hydroxylamine groups is 2. The number of nitrogens with two attached hydrogens (primary N) is 1. The van der Waals surface area contributed by atoms with Gasteiger partial charge in [0.2, 0.25) is 0 Å². The molecule has 1 heterocycles. The first-order valence-corrected chi connectivity index (χ1v) is 10.2. The maximum absolute atomic E-state index is 13.3. The Morgan fingerprint density at radius 2 is 2.14 bits per heavy atom. The van der Waals surface area contributed by atoms with Crippen LogP contribution in [0.3, 0.4) is 0 Å². The Labute approximate surface area is 189 Å². The highest BCUT2D eigenvalue weighted by molar-refractivity contribution is 9.10. The Morgan fingerprint density at radius 3 is 2.79 bits per heavy atom. The largest absolute Gasteiger partial charge is 0.379 e. The number of rotatable bonds is 12. The second-order valence-corrected chi connectivity index (χ2v) is 7.93. The minimum Gasteiger partial charge on any atom is -0.379 e. The number of halogens is 2. The molecule has 1 atom stereocenters. The molecular formula is C16H27BrFN7O2S2. The molecule has 0 saturated heterocycles. The summed E-state index contributed by atoms with van der Waals surface area (Å²) in [6.45, 7) is 6.61. The molecule has 0 fully saturated rings. The predicted molar refractivity (Wildman–Crippen MR) is 122 cm³/mol. The van der Waals surface area contributed by atoms with Crippen LogP contribution >= 0.6 is 41.7 Å². The van der Waals surface area contributed by atoms with E-state index < -0.39 is 0 Å². The fraction of sp³-hybridized carbons (Fsp3) is 0.500. The van der Waals surface area contributed by atoms with Gasteiger partial charge >= 0.3 is 0 Å². The van der Waals surface area contributed by atoms with E-state index in [-0.39, 0.29) is 25.2 Å². The number of hydrogen-bond donors (Lipinski definition) is 3. The number of nitrogens with zero attached hydrogens (tertiary/aromatic N) is 4. The summed E-state index contributed by atoms with van der Waals surface area (Å²) in [5.41, 5.74) is 1.39. The van der Waals surface area contributed by atoms with E-state index in [1.165, 1.54) is 10.5 Å². The van der Waals surface area contributed by atoms with Crippen molar-refractivity contribution in [2.45, 2.75) is 20.4 Å². The number of anilines is 2. The van der Waals surface area contributed by atoms with Crippen LogP contribution in [0.1, 0.15) is 19.5 Å². The lowest BCUT2D eigenvalue weighted by molar-refractivity contribution is -0.0461. The van der Waals surface area contributed by atoms with Crippen LogP contribution < -0.4 is 16.5 Å². The van der Waals surface area contributed by atoms with Gasteiger partial charge in [-0.25, -0.2) is 13.3 Å². The number of hydrogen-bond acceptors (Lipinski definition) is 10. The van der Waals surface area contributed by atoms with E-state index in [0.29, 0.717) is 35.6 Å². The van der Waals surface area contributed by atoms with Gasteiger partial charge in [-0.15, -0.1) is 0 Å². The van der Waals surface area contributed by atoms with E-state index in [4.69, 9.17) is 14.8 Å². The zero-order chi connectivity index (χ0) is 20.5. The number of hydrazine groups is 1. The maximum atomic E-state index is 13.3. The zero-order valence-electron chi connectivity index (χ0n) is 16.5. The molecule has 0 amide bonds. The Hall–Kier alpha value is -1.09. The first kappa shape index (κ1) is 25.9. The van der Waals surface area contributed by atoms with Crippen molar-refractivity contribution in [3.63, 3.8) is 0 Å². The molecule has 0 aliphatic heterocycles. The van der Waals surface area contributed by atoms with Gasteiger partial charge in [-0.2, -0.15) is 23.0 Å². The minimum atomic E-state index is -0.313. The number of aromatic nitrogens is 2. The van der Waals surface area contributed by atoms with Crippen molar-refractivity contribution >= 4 is 53.2 Å². The van der Waals surface area contributed by atoms with Crippen molar-refractivity contribution in [2.24, 2.45) is 11.8 Å². The fourth-order valence-corrected chi connectivity index (χ4v) is 2.99. The van der Waals surface area contributed by atoms with Crippen molar-refractivity contribution in [1.29, 1.82) is 0 Å². The summed E-state index contributed by atoms with van der Waals surface area (Å²) >= 11 is 4.24. The maximum Gasteiger partial charge on any atom is 0.195 e. The van der Waals surface area contributed by atoms with Crippen molar-refractivity contribution in [2.75, 3.05) is 37.3 Å². The van der Waals surface area contributed by atoms with E-state index in [0.717, 1.165) is 24.5 Å². The third-order valence-corrected chi connectivity index (χ3v) is 4.80. The minimum absolute atomic E-state index is 0. The molecule has 2 aromatic rings. The summed E-state index contributed by atoms with van der Waals surface area (Å²) in [5, 5.41) is 16.1. The SMILES string of the molecule is CCN(C[C@@H](C)CNc1nonc1CNc1ccc(F)c(Br)c1)OSN(C)N.S. The van der Waals surface area contributed by atoms with Crippen LogP contribution in [0, 0.1) is 11.7 Å². The summed E-state index contributed by atoms with van der Waals surface area (Å²) in [6, 6.07) is 4.70. The molecular weight excluding hydrogens is 485 g/mol. The molecule has 164 valence electrons. The molecule has 0 spiro atoms. The van der Waals surface area contributed by atoms with Crippen molar-refractivity contribution in [3.8, 4) is 0 Å². The van der Waals surface area contributed by atoms with Crippen LogP contribution in [-0.2, 0) is 10.8 Å². The standard InChI is InChI=1S/C16H25BrFN7O2S.H2S/c1-4-25(27-28-24(3)19)10-11(2)8-21-16-15(22-26-23-16)9-20-12-5-6-14(18)13(17)7-12;/h5-7,11,20H,4,8-10,19H2,1-3H3,(H,21,23);1H2/t11-;/m0./s1. The van der Waals surface area contributed by atoms with Gasteiger partial charge in [0.1, 0.15) is 23.7 Å². The molecule has 9 nitrogen and oxygen atoms in total. The molecule has 29 heavy (non-hydrogen) atoms. The van der Waals surface area contributed by atoms with Gasteiger partial charge in [-0.05, 0) is 45.2 Å². The van der Waals surface area contributed by atoms with E-state index in [1.54, 1.807) is 19.2 Å². The summed E-state index contributed by atoms with van der Waals surface area (Å²) in [4.78, 5) is 0. The Bertz CT molecular complexity index is 741. The van der Waals surface area contributed by atoms with Crippen molar-refractivity contribution < 1.29 is 13.3 Å². The summed E-state index contributed by atoms with van der Waals surface area (Å²) in [6.07, 6.45) is 0. The van der Waals surface area contributed by atoms with Crippen molar-refractivity contribution in [3.05, 3.63) is 34.2 Å². The van der Waals surface area contributed by atoms with Crippen LogP contribution in [0.4, 0.5) is 15.9 Å². The van der Waals surface area contributed by atoms with Crippen molar-refractivity contribution in [1.82, 2.24) is 19.8 Å². The Kier molecular flexibility index (Phi) is 11.9. The molecule has 0 saturated carbocycles. The van der Waals surface area contributed by atoms with Gasteiger partial charge in [0.05, 0.1) is 11.0 Å². The summed E-state index contributed by atoms with van der Waals surface area (Å²) in [7, 11) is 1.71. The quantitative estimate of drug-likeness (QED) is 0.170. The lowest BCUT2D eigenvalue weighted by Gasteiger charge is -2.23. The second kappa shape index (κ2) is 13.3. The first-order valence-electron chi connectivity index (χ1n) is 8.71. The zero-order valence-corrected chi connectivity index (χ0v) is 19.9. The smallest absolute Gasteiger partial charge is 0.195 e.